The molecule has 9 nitrogen and oxygen atoms in total. The fourth-order valence-corrected chi connectivity index (χ4v) is 4.09. The first-order chi connectivity index (χ1) is 16.4. The molecule has 0 radical (unpaired) electrons. The molecule has 2 heterocycles. The number of hydrogen-bond donors (Lipinski definition) is 2. The van der Waals surface area contributed by atoms with Crippen LogP contribution in [0.5, 0.6) is 0 Å². The number of rotatable bonds is 5. The normalized spacial score (nSPS) is 17.2. The summed E-state index contributed by atoms with van der Waals surface area (Å²) in [6, 6.07) is 17.1. The Hall–Kier alpha value is -4.45. The van der Waals surface area contributed by atoms with E-state index in [1.54, 1.807) is 48.5 Å². The zero-order chi connectivity index (χ0) is 24.2. The summed E-state index contributed by atoms with van der Waals surface area (Å²) >= 11 is 0. The Kier molecular flexibility index (Phi) is 6.41. The third-order valence-electron chi connectivity index (χ3n) is 5.92. The smallest absolute Gasteiger partial charge is 0.259 e. The van der Waals surface area contributed by atoms with E-state index < -0.39 is 29.2 Å². The zero-order valence-electron chi connectivity index (χ0n) is 18.5. The number of para-hydroxylation sites is 2. The summed E-state index contributed by atoms with van der Waals surface area (Å²) in [5.74, 6) is -1.88. The number of carbonyl (C=O) groups is 3. The molecule has 0 bridgehead atoms. The van der Waals surface area contributed by atoms with Crippen molar-refractivity contribution in [1.82, 2.24) is 14.8 Å². The summed E-state index contributed by atoms with van der Waals surface area (Å²) in [4.78, 5) is 56.6. The number of nitrogens with zero attached hydrogens (tertiary/aromatic N) is 3. The average molecular weight is 457 g/mol. The molecular weight excluding hydrogens is 434 g/mol. The van der Waals surface area contributed by atoms with Gasteiger partial charge >= 0.3 is 0 Å². The molecule has 34 heavy (non-hydrogen) atoms. The number of nitriles is 1. The Morgan fingerprint density at radius 2 is 1.85 bits per heavy atom. The zero-order valence-corrected chi connectivity index (χ0v) is 18.5. The Labute approximate surface area is 195 Å². The number of likely N-dealkylation sites (tertiary alicyclic amines) is 1. The van der Waals surface area contributed by atoms with Gasteiger partial charge in [-0.1, -0.05) is 30.3 Å². The van der Waals surface area contributed by atoms with Gasteiger partial charge in [0, 0.05) is 36.4 Å². The van der Waals surface area contributed by atoms with E-state index in [4.69, 9.17) is 0 Å². The lowest BCUT2D eigenvalue weighted by atomic mass is 10.1. The second-order valence-electron chi connectivity index (χ2n) is 8.22. The monoisotopic (exact) mass is 457 g/mol. The van der Waals surface area contributed by atoms with Crippen molar-refractivity contribution < 1.29 is 14.4 Å². The number of fused-ring (bicyclic) bond motifs is 1. The number of hydrogen-bond acceptors (Lipinski definition) is 5. The number of carbonyl (C=O) groups excluding carboxylic acids is 3. The van der Waals surface area contributed by atoms with Gasteiger partial charge in [-0.05, 0) is 30.7 Å². The molecule has 2 N–H and O–H groups in total. The summed E-state index contributed by atoms with van der Waals surface area (Å²) in [5, 5.41) is 12.7. The summed E-state index contributed by atoms with van der Waals surface area (Å²) in [5.41, 5.74) is 0.744. The number of H-pyrrole nitrogens is 1. The van der Waals surface area contributed by atoms with Crippen molar-refractivity contribution in [3.63, 3.8) is 0 Å². The molecule has 0 aliphatic carbocycles. The molecule has 1 fully saturated rings. The number of nitrogens with one attached hydrogen (secondary N) is 2. The Morgan fingerprint density at radius 3 is 2.59 bits per heavy atom. The fraction of sp³-hybridized carbons (Fsp3) is 0.240. The summed E-state index contributed by atoms with van der Waals surface area (Å²) < 4.78 is 0. The molecule has 9 heteroatoms. The predicted octanol–water partition coefficient (Wildman–Crippen LogP) is 1.98. The number of amides is 3. The first-order valence-electron chi connectivity index (χ1n) is 10.8. The van der Waals surface area contributed by atoms with Crippen LogP contribution in [0.2, 0.25) is 0 Å². The average Bonchev–Trinajstić information content (AvgIpc) is 3.30. The van der Waals surface area contributed by atoms with Gasteiger partial charge in [0.2, 0.25) is 17.2 Å². The quantitative estimate of drug-likeness (QED) is 0.606. The van der Waals surface area contributed by atoms with Crippen LogP contribution in [0.1, 0.15) is 16.8 Å². The number of aromatic amines is 1. The molecule has 3 aromatic rings. The van der Waals surface area contributed by atoms with E-state index >= 15 is 0 Å². The van der Waals surface area contributed by atoms with Crippen molar-refractivity contribution in [2.45, 2.75) is 12.5 Å². The van der Waals surface area contributed by atoms with Crippen LogP contribution in [0.3, 0.4) is 0 Å². The van der Waals surface area contributed by atoms with Gasteiger partial charge in [-0.2, -0.15) is 5.26 Å². The third kappa shape index (κ3) is 4.52. The lowest BCUT2D eigenvalue weighted by molar-refractivity contribution is -0.131. The van der Waals surface area contributed by atoms with Crippen LogP contribution in [0.25, 0.3) is 10.9 Å². The van der Waals surface area contributed by atoms with Gasteiger partial charge in [-0.25, -0.2) is 0 Å². The molecule has 1 aliphatic rings. The van der Waals surface area contributed by atoms with E-state index in [0.29, 0.717) is 16.6 Å². The van der Waals surface area contributed by atoms with E-state index in [2.05, 4.69) is 16.4 Å². The molecule has 2 unspecified atom stereocenters. The van der Waals surface area contributed by atoms with Gasteiger partial charge in [0.15, 0.2) is 0 Å². The maximum Gasteiger partial charge on any atom is 0.259 e. The number of anilines is 1. The number of benzene rings is 2. The predicted molar refractivity (Wildman–Crippen MR) is 126 cm³/mol. The first kappa shape index (κ1) is 22.7. The standard InChI is InChI=1S/C25H23N5O4/c1-29(25(34)20-13-27-21-10-6-5-9-19(21)23(20)32)15-22(31)30-14-16(11-18(30)12-26)24(33)28-17-7-3-2-4-8-17/h2-10,13,16,18H,11,14-15H2,1H3,(H,27,32)(H,28,33). The Morgan fingerprint density at radius 1 is 1.15 bits per heavy atom. The first-order valence-corrected chi connectivity index (χ1v) is 10.8. The fourth-order valence-electron chi connectivity index (χ4n) is 4.09. The minimum atomic E-state index is -0.772. The summed E-state index contributed by atoms with van der Waals surface area (Å²) in [7, 11) is 1.42. The van der Waals surface area contributed by atoms with Crippen LogP contribution in [-0.4, -0.2) is 58.7 Å². The molecule has 1 aromatic heterocycles. The Bertz CT molecular complexity index is 1340. The minimum absolute atomic E-state index is 0.0765. The molecule has 0 spiro atoms. The lowest BCUT2D eigenvalue weighted by Gasteiger charge is -2.23. The van der Waals surface area contributed by atoms with Crippen molar-refractivity contribution >= 4 is 34.3 Å². The van der Waals surface area contributed by atoms with Crippen LogP contribution in [-0.2, 0) is 9.59 Å². The summed E-state index contributed by atoms with van der Waals surface area (Å²) in [6.07, 6.45) is 1.55. The van der Waals surface area contributed by atoms with Crippen molar-refractivity contribution in [1.29, 1.82) is 5.26 Å². The van der Waals surface area contributed by atoms with Gasteiger partial charge < -0.3 is 20.1 Å². The summed E-state index contributed by atoms with van der Waals surface area (Å²) in [6.45, 7) is -0.245. The van der Waals surface area contributed by atoms with Gasteiger partial charge in [0.1, 0.15) is 11.6 Å². The molecule has 0 saturated carbocycles. The topological polar surface area (TPSA) is 126 Å². The number of likely N-dealkylation sites (N-methyl/N-ethyl adjacent to an activating group) is 1. The number of aromatic nitrogens is 1. The van der Waals surface area contributed by atoms with Crippen molar-refractivity contribution in [3.8, 4) is 6.07 Å². The minimum Gasteiger partial charge on any atom is -0.360 e. The lowest BCUT2D eigenvalue weighted by Crippen LogP contribution is -2.44. The largest absolute Gasteiger partial charge is 0.360 e. The Balaban J connectivity index is 1.43. The SMILES string of the molecule is CN(CC(=O)N1CC(C(=O)Nc2ccccc2)CC1C#N)C(=O)c1c[nH]c2ccccc2c1=O. The second kappa shape index (κ2) is 9.58. The second-order valence-corrected chi connectivity index (χ2v) is 8.22. The molecule has 2 atom stereocenters. The van der Waals surface area contributed by atoms with Crippen molar-refractivity contribution in [2.24, 2.45) is 5.92 Å². The molecule has 2 aromatic carbocycles. The van der Waals surface area contributed by atoms with E-state index in [0.717, 1.165) is 4.90 Å². The molecule has 3 amide bonds. The molecule has 4 rings (SSSR count). The highest BCUT2D eigenvalue weighted by atomic mass is 16.2. The van der Waals surface area contributed by atoms with E-state index in [-0.39, 0.29) is 31.0 Å². The van der Waals surface area contributed by atoms with Crippen LogP contribution < -0.4 is 10.7 Å². The van der Waals surface area contributed by atoms with Gasteiger partial charge in [0.25, 0.3) is 5.91 Å². The third-order valence-corrected chi connectivity index (χ3v) is 5.92. The molecule has 172 valence electrons. The van der Waals surface area contributed by atoms with Crippen LogP contribution >= 0.6 is 0 Å². The van der Waals surface area contributed by atoms with E-state index in [1.807, 2.05) is 6.07 Å². The highest BCUT2D eigenvalue weighted by Gasteiger charge is 2.39. The molecule has 1 saturated heterocycles. The van der Waals surface area contributed by atoms with Crippen LogP contribution in [0, 0.1) is 17.2 Å². The van der Waals surface area contributed by atoms with Gasteiger partial charge in [-0.15, -0.1) is 0 Å². The van der Waals surface area contributed by atoms with Crippen LogP contribution in [0.15, 0.2) is 65.6 Å². The van der Waals surface area contributed by atoms with E-state index in [1.165, 1.54) is 18.1 Å². The maximum absolute atomic E-state index is 12.9. The highest BCUT2D eigenvalue weighted by molar-refractivity contribution is 5.99. The maximum atomic E-state index is 12.9. The van der Waals surface area contributed by atoms with Crippen molar-refractivity contribution in [2.75, 3.05) is 25.5 Å². The molecular formula is C25H23N5O4. The number of pyridine rings is 1. The van der Waals surface area contributed by atoms with Gasteiger partial charge in [-0.3, -0.25) is 19.2 Å². The molecule has 1 aliphatic heterocycles. The van der Waals surface area contributed by atoms with Gasteiger partial charge in [0.05, 0.1) is 18.5 Å². The highest BCUT2D eigenvalue weighted by Crippen LogP contribution is 2.25. The van der Waals surface area contributed by atoms with Crippen molar-refractivity contribution in [3.05, 3.63) is 76.6 Å². The van der Waals surface area contributed by atoms with E-state index in [9.17, 15) is 24.4 Å². The van der Waals surface area contributed by atoms with Crippen LogP contribution in [0.4, 0.5) is 5.69 Å².